The van der Waals surface area contributed by atoms with Crippen LogP contribution in [0.5, 0.6) is 0 Å². The Bertz CT molecular complexity index is 777. The van der Waals surface area contributed by atoms with E-state index < -0.39 is 5.97 Å². The first-order chi connectivity index (χ1) is 9.16. The van der Waals surface area contributed by atoms with Gasteiger partial charge in [0, 0.05) is 11.8 Å². The van der Waals surface area contributed by atoms with Gasteiger partial charge in [0.05, 0.1) is 16.6 Å². The van der Waals surface area contributed by atoms with Crippen molar-refractivity contribution in [3.05, 3.63) is 47.9 Å². The predicted octanol–water partition coefficient (Wildman–Crippen LogP) is 2.63. The van der Waals surface area contributed by atoms with Crippen LogP contribution >= 0.6 is 0 Å². The van der Waals surface area contributed by atoms with E-state index in [0.29, 0.717) is 16.7 Å². The van der Waals surface area contributed by atoms with Crippen LogP contribution in [0, 0.1) is 6.92 Å². The minimum atomic E-state index is -0.991. The molecule has 2 N–H and O–H groups in total. The van der Waals surface area contributed by atoms with Crippen molar-refractivity contribution in [2.75, 3.05) is 0 Å². The van der Waals surface area contributed by atoms with E-state index in [2.05, 4.69) is 15.0 Å². The number of hydrogen-bond donors (Lipinski definition) is 2. The number of aromatic nitrogens is 3. The van der Waals surface area contributed by atoms with Crippen LogP contribution < -0.4 is 0 Å². The van der Waals surface area contributed by atoms with E-state index in [1.165, 1.54) is 12.5 Å². The second-order valence-electron chi connectivity index (χ2n) is 4.32. The van der Waals surface area contributed by atoms with Crippen molar-refractivity contribution in [1.29, 1.82) is 0 Å². The molecule has 0 saturated heterocycles. The number of carboxylic acids is 1. The van der Waals surface area contributed by atoms with E-state index in [1.807, 2.05) is 31.2 Å². The summed E-state index contributed by atoms with van der Waals surface area (Å²) in [7, 11) is 0. The number of aromatic carboxylic acids is 1. The van der Waals surface area contributed by atoms with Crippen LogP contribution in [-0.2, 0) is 0 Å². The molecule has 19 heavy (non-hydrogen) atoms. The maximum absolute atomic E-state index is 11.3. The number of aryl methyl sites for hydroxylation is 1. The Kier molecular flexibility index (Phi) is 2.52. The summed E-state index contributed by atoms with van der Waals surface area (Å²) in [5, 5.41) is 9.76. The van der Waals surface area contributed by atoms with Gasteiger partial charge in [-0.05, 0) is 13.0 Å². The molecular formula is C14H11N3O2. The first-order valence-electron chi connectivity index (χ1n) is 5.79. The van der Waals surface area contributed by atoms with Crippen molar-refractivity contribution >= 4 is 17.0 Å². The monoisotopic (exact) mass is 253 g/mol. The Morgan fingerprint density at radius 2 is 2.16 bits per heavy atom. The summed E-state index contributed by atoms with van der Waals surface area (Å²) in [6.07, 6.45) is 2.88. The fourth-order valence-corrected chi connectivity index (χ4v) is 2.14. The number of aromatic amines is 1. The molecule has 94 valence electrons. The SMILES string of the molecule is Cc1cccc(-c2ncnc3[nH]cc(C(=O)O)c23)c1. The molecule has 3 rings (SSSR count). The Labute approximate surface area is 109 Å². The second kappa shape index (κ2) is 4.20. The molecule has 0 spiro atoms. The van der Waals surface area contributed by atoms with Crippen LogP contribution in [-0.4, -0.2) is 26.0 Å². The van der Waals surface area contributed by atoms with Crippen LogP contribution in [0.3, 0.4) is 0 Å². The molecule has 0 radical (unpaired) electrons. The molecule has 1 aromatic carbocycles. The van der Waals surface area contributed by atoms with Crippen LogP contribution in [0.4, 0.5) is 0 Å². The summed E-state index contributed by atoms with van der Waals surface area (Å²) in [5.74, 6) is -0.991. The molecule has 0 atom stereocenters. The molecule has 0 amide bonds. The average Bonchev–Trinajstić information content (AvgIpc) is 2.82. The molecule has 0 aliphatic rings. The van der Waals surface area contributed by atoms with E-state index >= 15 is 0 Å². The Morgan fingerprint density at radius 3 is 2.89 bits per heavy atom. The Balaban J connectivity index is 2.35. The van der Waals surface area contributed by atoms with Crippen LogP contribution in [0.25, 0.3) is 22.3 Å². The lowest BCUT2D eigenvalue weighted by Crippen LogP contribution is -1.96. The molecule has 3 aromatic rings. The molecule has 0 aliphatic heterocycles. The van der Waals surface area contributed by atoms with E-state index in [0.717, 1.165) is 11.1 Å². The van der Waals surface area contributed by atoms with Crippen molar-refractivity contribution in [2.45, 2.75) is 6.92 Å². The van der Waals surface area contributed by atoms with Gasteiger partial charge in [-0.2, -0.15) is 0 Å². The summed E-state index contributed by atoms with van der Waals surface area (Å²) in [6, 6.07) is 7.79. The number of H-pyrrole nitrogens is 1. The number of fused-ring (bicyclic) bond motifs is 1. The van der Waals surface area contributed by atoms with Crippen LogP contribution in [0.2, 0.25) is 0 Å². The summed E-state index contributed by atoms with van der Waals surface area (Å²) in [5.41, 5.74) is 3.33. The molecule has 2 aromatic heterocycles. The summed E-state index contributed by atoms with van der Waals surface area (Å²) < 4.78 is 0. The van der Waals surface area contributed by atoms with Gasteiger partial charge in [-0.3, -0.25) is 0 Å². The topological polar surface area (TPSA) is 78.9 Å². The lowest BCUT2D eigenvalue weighted by Gasteiger charge is -2.04. The molecular weight excluding hydrogens is 242 g/mol. The fourth-order valence-electron chi connectivity index (χ4n) is 2.14. The predicted molar refractivity (Wildman–Crippen MR) is 71.0 cm³/mol. The smallest absolute Gasteiger partial charge is 0.338 e. The minimum Gasteiger partial charge on any atom is -0.478 e. The number of carboxylic acid groups (broad SMARTS) is 1. The maximum Gasteiger partial charge on any atom is 0.338 e. The van der Waals surface area contributed by atoms with Crippen molar-refractivity contribution < 1.29 is 9.90 Å². The fraction of sp³-hybridized carbons (Fsp3) is 0.0714. The third-order valence-corrected chi connectivity index (χ3v) is 2.99. The molecule has 5 heteroatoms. The van der Waals surface area contributed by atoms with Gasteiger partial charge in [0.15, 0.2) is 0 Å². The van der Waals surface area contributed by atoms with Gasteiger partial charge in [-0.25, -0.2) is 14.8 Å². The molecule has 0 fully saturated rings. The summed E-state index contributed by atoms with van der Waals surface area (Å²) in [6.45, 7) is 1.98. The van der Waals surface area contributed by atoms with E-state index in [9.17, 15) is 9.90 Å². The zero-order valence-corrected chi connectivity index (χ0v) is 10.2. The lowest BCUT2D eigenvalue weighted by molar-refractivity contribution is 0.0699. The van der Waals surface area contributed by atoms with Crippen LogP contribution in [0.1, 0.15) is 15.9 Å². The van der Waals surface area contributed by atoms with Crippen molar-refractivity contribution in [3.8, 4) is 11.3 Å². The van der Waals surface area contributed by atoms with Gasteiger partial charge in [0.2, 0.25) is 0 Å². The van der Waals surface area contributed by atoms with E-state index in [-0.39, 0.29) is 5.56 Å². The number of hydrogen-bond acceptors (Lipinski definition) is 3. The zero-order valence-electron chi connectivity index (χ0n) is 10.2. The van der Waals surface area contributed by atoms with Gasteiger partial charge in [0.25, 0.3) is 0 Å². The van der Waals surface area contributed by atoms with Gasteiger partial charge >= 0.3 is 5.97 Å². The molecule has 2 heterocycles. The number of nitrogens with zero attached hydrogens (tertiary/aromatic N) is 2. The molecule has 0 unspecified atom stereocenters. The number of rotatable bonds is 2. The Hall–Kier alpha value is -2.69. The molecule has 0 aliphatic carbocycles. The van der Waals surface area contributed by atoms with E-state index in [1.54, 1.807) is 0 Å². The highest BCUT2D eigenvalue weighted by Gasteiger charge is 2.16. The second-order valence-corrected chi connectivity index (χ2v) is 4.32. The lowest BCUT2D eigenvalue weighted by atomic mass is 10.0. The summed E-state index contributed by atoms with van der Waals surface area (Å²) in [4.78, 5) is 22.4. The van der Waals surface area contributed by atoms with Crippen molar-refractivity contribution in [2.24, 2.45) is 0 Å². The molecule has 0 bridgehead atoms. The average molecular weight is 253 g/mol. The first kappa shape index (κ1) is 11.4. The normalized spacial score (nSPS) is 10.8. The Morgan fingerprint density at radius 1 is 1.32 bits per heavy atom. The third-order valence-electron chi connectivity index (χ3n) is 2.99. The minimum absolute atomic E-state index is 0.187. The largest absolute Gasteiger partial charge is 0.478 e. The quantitative estimate of drug-likeness (QED) is 0.735. The zero-order chi connectivity index (χ0) is 13.4. The third kappa shape index (κ3) is 1.85. The number of benzene rings is 1. The summed E-state index contributed by atoms with van der Waals surface area (Å²) >= 11 is 0. The van der Waals surface area contributed by atoms with Crippen molar-refractivity contribution in [3.63, 3.8) is 0 Å². The maximum atomic E-state index is 11.3. The van der Waals surface area contributed by atoms with Gasteiger partial charge < -0.3 is 10.1 Å². The highest BCUT2D eigenvalue weighted by Crippen LogP contribution is 2.28. The standard InChI is InChI=1S/C14H11N3O2/c1-8-3-2-4-9(5-8)12-11-10(14(18)19)6-15-13(11)17-7-16-12/h2-7H,1H3,(H,18,19)(H,15,16,17). The van der Waals surface area contributed by atoms with Gasteiger partial charge in [0.1, 0.15) is 12.0 Å². The molecule has 5 nitrogen and oxygen atoms in total. The van der Waals surface area contributed by atoms with Gasteiger partial charge in [-0.1, -0.05) is 23.8 Å². The van der Waals surface area contributed by atoms with Crippen molar-refractivity contribution in [1.82, 2.24) is 15.0 Å². The highest BCUT2D eigenvalue weighted by molar-refractivity contribution is 6.07. The first-order valence-corrected chi connectivity index (χ1v) is 5.79. The number of carbonyl (C=O) groups is 1. The van der Waals surface area contributed by atoms with Crippen LogP contribution in [0.15, 0.2) is 36.8 Å². The number of nitrogens with one attached hydrogen (secondary N) is 1. The van der Waals surface area contributed by atoms with E-state index in [4.69, 9.17) is 0 Å². The molecule has 0 saturated carbocycles. The highest BCUT2D eigenvalue weighted by atomic mass is 16.4. The van der Waals surface area contributed by atoms with Gasteiger partial charge in [-0.15, -0.1) is 0 Å².